The second-order valence-corrected chi connectivity index (χ2v) is 18.9. The lowest BCUT2D eigenvalue weighted by Gasteiger charge is -2.34. The van der Waals surface area contributed by atoms with Crippen molar-refractivity contribution < 1.29 is 4.74 Å². The Morgan fingerprint density at radius 2 is 0.959 bits per heavy atom. The molecular weight excluding hydrogens is 933 g/mol. The molecule has 74 heavy (non-hydrogen) atoms. The third kappa shape index (κ3) is 10.8. The number of aryl methyl sites for hydroxylation is 1. The Morgan fingerprint density at radius 3 is 1.53 bits per heavy atom. The molecular formula is C57H62N12O5. The summed E-state index contributed by atoms with van der Waals surface area (Å²) in [6, 6.07) is 49.8. The second kappa shape index (κ2) is 22.7. The lowest BCUT2D eigenvalue weighted by molar-refractivity contribution is 0.0970. The number of rotatable bonds is 14. The summed E-state index contributed by atoms with van der Waals surface area (Å²) in [5.74, 6) is 1.42. The van der Waals surface area contributed by atoms with Crippen LogP contribution in [0.15, 0.2) is 171 Å². The highest BCUT2D eigenvalue weighted by molar-refractivity contribution is 5.76. The van der Waals surface area contributed by atoms with E-state index in [0.29, 0.717) is 67.7 Å². The maximum absolute atomic E-state index is 14.2. The molecule has 0 bridgehead atoms. The van der Waals surface area contributed by atoms with Gasteiger partial charge in [-0.15, -0.1) is 0 Å². The fraction of sp³-hybridized carbons (Fsp3) is 0.298. The SMILES string of the molecule is Cn1c(=O)c2c(nc(N3CCN[C@H](COCc4ccccc4)C3)n2Cc2ccccc2)n(C)c1=O.O=c1c2c(nc(N3CCCNCC3)n2Cc2ccccc2)n(Cc2ccccc2)c(=O)n1Cc1ccccc1. The van der Waals surface area contributed by atoms with Gasteiger partial charge in [-0.2, -0.15) is 9.97 Å². The number of piperazine rings is 1. The Labute approximate surface area is 428 Å². The van der Waals surface area contributed by atoms with E-state index in [4.69, 9.17) is 14.7 Å². The second-order valence-electron chi connectivity index (χ2n) is 18.9. The standard InChI is InChI=1S/C31H32N6O2.C26H30N6O3/c38-29-27-28(33-30(34-19-10-17-32-18-20-34)35(27)21-24-11-4-1-5-12-24)36(22-25-13-6-2-7-14-25)31(39)37(29)23-26-15-8-3-9-16-26;1-29-23-22(24(33)30(2)26(29)34)32(15-19-9-5-3-6-10-19)25(28-23)31-14-13-27-21(16-31)18-35-17-20-11-7-4-8-12-20/h1-9,11-16,32H,10,17-23H2;3-12,21,27H,13-18H2,1-2H3/t;21-/m.0/s1. The molecule has 2 saturated heterocycles. The summed E-state index contributed by atoms with van der Waals surface area (Å²) in [4.78, 5) is 68.2. The molecule has 4 aromatic heterocycles. The monoisotopic (exact) mass is 994 g/mol. The first-order chi connectivity index (χ1) is 36.2. The lowest BCUT2D eigenvalue weighted by Crippen LogP contribution is -2.53. The van der Waals surface area contributed by atoms with Gasteiger partial charge in [0.05, 0.1) is 39.4 Å². The summed E-state index contributed by atoms with van der Waals surface area (Å²) in [5, 5.41) is 6.98. The topological polar surface area (TPSA) is 163 Å². The predicted octanol–water partition coefficient (Wildman–Crippen LogP) is 4.78. The smallest absolute Gasteiger partial charge is 0.333 e. The molecule has 2 N–H and O–H groups in total. The van der Waals surface area contributed by atoms with Crippen LogP contribution in [0.25, 0.3) is 22.3 Å². The van der Waals surface area contributed by atoms with Crippen LogP contribution >= 0.6 is 0 Å². The number of hydrogen-bond donors (Lipinski definition) is 2. The van der Waals surface area contributed by atoms with E-state index in [9.17, 15) is 19.2 Å². The zero-order chi connectivity index (χ0) is 51.0. The molecule has 0 saturated carbocycles. The molecule has 0 aliphatic carbocycles. The van der Waals surface area contributed by atoms with Crippen LogP contribution in [0.1, 0.15) is 34.2 Å². The van der Waals surface area contributed by atoms with E-state index >= 15 is 0 Å². The van der Waals surface area contributed by atoms with Crippen LogP contribution < -0.4 is 42.9 Å². The van der Waals surface area contributed by atoms with Crippen molar-refractivity contribution in [3.05, 3.63) is 221 Å². The van der Waals surface area contributed by atoms with Crippen LogP contribution in [0.2, 0.25) is 0 Å². The molecule has 9 aromatic rings. The third-order valence-corrected chi connectivity index (χ3v) is 13.7. The van der Waals surface area contributed by atoms with Crippen molar-refractivity contribution in [2.45, 2.75) is 45.2 Å². The van der Waals surface area contributed by atoms with E-state index in [1.807, 2.05) is 137 Å². The predicted molar refractivity (Wildman–Crippen MR) is 290 cm³/mol. The van der Waals surface area contributed by atoms with E-state index in [0.717, 1.165) is 84.0 Å². The molecule has 2 aliphatic heterocycles. The van der Waals surface area contributed by atoms with Gasteiger partial charge in [0.2, 0.25) is 11.9 Å². The number of nitrogens with one attached hydrogen (secondary N) is 2. The molecule has 5 aromatic carbocycles. The Kier molecular flexibility index (Phi) is 15.2. The maximum Gasteiger partial charge on any atom is 0.333 e. The largest absolute Gasteiger partial charge is 0.375 e. The van der Waals surface area contributed by atoms with Crippen LogP contribution in [0, 0.1) is 0 Å². The molecule has 6 heterocycles. The van der Waals surface area contributed by atoms with Crippen molar-refractivity contribution in [2.75, 3.05) is 62.2 Å². The molecule has 17 nitrogen and oxygen atoms in total. The number of hydrogen-bond acceptors (Lipinski definition) is 11. The molecule has 11 rings (SSSR count). The molecule has 0 radical (unpaired) electrons. The van der Waals surface area contributed by atoms with E-state index in [-0.39, 0.29) is 35.1 Å². The molecule has 2 fully saturated rings. The van der Waals surface area contributed by atoms with E-state index in [1.54, 1.807) is 11.6 Å². The summed E-state index contributed by atoms with van der Waals surface area (Å²) in [6.07, 6.45) is 0.976. The zero-order valence-electron chi connectivity index (χ0n) is 41.9. The summed E-state index contributed by atoms with van der Waals surface area (Å²) >= 11 is 0. The van der Waals surface area contributed by atoms with E-state index < -0.39 is 0 Å². The minimum atomic E-state index is -0.383. The molecule has 0 spiro atoms. The van der Waals surface area contributed by atoms with Gasteiger partial charge in [-0.25, -0.2) is 9.59 Å². The fourth-order valence-corrected chi connectivity index (χ4v) is 9.90. The summed E-state index contributed by atoms with van der Waals surface area (Å²) < 4.78 is 15.6. The normalized spacial score (nSPS) is 15.0. The Morgan fingerprint density at radius 1 is 0.486 bits per heavy atom. The molecule has 1 atom stereocenters. The van der Waals surface area contributed by atoms with Gasteiger partial charge < -0.3 is 25.2 Å². The average Bonchev–Trinajstić information content (AvgIpc) is 3.89. The Hall–Kier alpha value is -8.12. The van der Waals surface area contributed by atoms with Crippen molar-refractivity contribution in [1.29, 1.82) is 0 Å². The van der Waals surface area contributed by atoms with Crippen molar-refractivity contribution >= 4 is 34.2 Å². The van der Waals surface area contributed by atoms with Gasteiger partial charge in [-0.1, -0.05) is 152 Å². The number of fused-ring (bicyclic) bond motifs is 2. The van der Waals surface area contributed by atoms with E-state index in [1.165, 1.54) is 16.2 Å². The van der Waals surface area contributed by atoms with Gasteiger partial charge in [-0.3, -0.25) is 37.0 Å². The lowest BCUT2D eigenvalue weighted by atomic mass is 10.2. The van der Waals surface area contributed by atoms with Crippen molar-refractivity contribution in [2.24, 2.45) is 14.1 Å². The molecule has 2 aliphatic rings. The molecule has 0 unspecified atom stereocenters. The highest BCUT2D eigenvalue weighted by Crippen LogP contribution is 2.25. The Balaban J connectivity index is 0.000000170. The van der Waals surface area contributed by atoms with Gasteiger partial charge in [0.25, 0.3) is 11.1 Å². The van der Waals surface area contributed by atoms with Crippen molar-refractivity contribution in [3.8, 4) is 0 Å². The average molecular weight is 995 g/mol. The molecule has 0 amide bonds. The van der Waals surface area contributed by atoms with Crippen LogP contribution in [-0.4, -0.2) is 95.8 Å². The van der Waals surface area contributed by atoms with Crippen molar-refractivity contribution in [3.63, 3.8) is 0 Å². The quantitative estimate of drug-likeness (QED) is 0.154. The summed E-state index contributed by atoms with van der Waals surface area (Å²) in [6.45, 7) is 8.19. The highest BCUT2D eigenvalue weighted by atomic mass is 16.5. The number of imidazole rings is 2. The maximum atomic E-state index is 14.2. The first-order valence-corrected chi connectivity index (χ1v) is 25.3. The summed E-state index contributed by atoms with van der Waals surface area (Å²) in [5.41, 5.74) is 5.48. The van der Waals surface area contributed by atoms with Crippen LogP contribution in [0.4, 0.5) is 11.9 Å². The van der Waals surface area contributed by atoms with Crippen LogP contribution in [0.3, 0.4) is 0 Å². The first-order valence-electron chi connectivity index (χ1n) is 25.3. The molecule has 380 valence electrons. The molecule has 17 heteroatoms. The number of ether oxygens (including phenoxy) is 1. The highest BCUT2D eigenvalue weighted by Gasteiger charge is 2.28. The fourth-order valence-electron chi connectivity index (χ4n) is 9.90. The van der Waals surface area contributed by atoms with Crippen molar-refractivity contribution in [1.82, 2.24) is 48.0 Å². The number of benzene rings is 5. The van der Waals surface area contributed by atoms with Gasteiger partial charge in [0.15, 0.2) is 22.3 Å². The number of anilines is 2. The minimum Gasteiger partial charge on any atom is -0.375 e. The third-order valence-electron chi connectivity index (χ3n) is 13.7. The summed E-state index contributed by atoms with van der Waals surface area (Å²) in [7, 11) is 3.17. The zero-order valence-corrected chi connectivity index (χ0v) is 41.9. The van der Waals surface area contributed by atoms with E-state index in [2.05, 4.69) is 44.7 Å². The number of aromatic nitrogens is 8. The first kappa shape index (κ1) is 49.5. The van der Waals surface area contributed by atoms with Gasteiger partial charge in [0.1, 0.15) is 0 Å². The minimum absolute atomic E-state index is 0.115. The van der Waals surface area contributed by atoms with Gasteiger partial charge in [0, 0.05) is 59.4 Å². The van der Waals surface area contributed by atoms with Crippen LogP contribution in [0.5, 0.6) is 0 Å². The number of nitrogens with zero attached hydrogens (tertiary/aromatic N) is 10. The van der Waals surface area contributed by atoms with Gasteiger partial charge >= 0.3 is 11.4 Å². The Bertz CT molecular complexity index is 3560. The van der Waals surface area contributed by atoms with Crippen LogP contribution in [-0.2, 0) is 51.6 Å². The van der Waals surface area contributed by atoms with Gasteiger partial charge in [-0.05, 0) is 40.8 Å².